The van der Waals surface area contributed by atoms with Gasteiger partial charge in [0.2, 0.25) is 0 Å². The summed E-state index contributed by atoms with van der Waals surface area (Å²) in [5.41, 5.74) is 1.94. The zero-order valence-corrected chi connectivity index (χ0v) is 13.5. The SMILES string of the molecule is COc1cc(C)c(NC(=S)NCC2CCCO2)cc1OC. The van der Waals surface area contributed by atoms with Crippen molar-refractivity contribution in [3.8, 4) is 11.5 Å². The van der Waals surface area contributed by atoms with Crippen molar-refractivity contribution in [2.24, 2.45) is 0 Å². The molecule has 1 saturated heterocycles. The third-order valence-electron chi connectivity index (χ3n) is 3.49. The number of methoxy groups -OCH3 is 2. The first-order valence-corrected chi connectivity index (χ1v) is 7.44. The summed E-state index contributed by atoms with van der Waals surface area (Å²) in [4.78, 5) is 0. The summed E-state index contributed by atoms with van der Waals surface area (Å²) >= 11 is 5.32. The summed E-state index contributed by atoms with van der Waals surface area (Å²) in [5.74, 6) is 1.38. The second-order valence-electron chi connectivity index (χ2n) is 4.99. The number of aryl methyl sites for hydroxylation is 1. The van der Waals surface area contributed by atoms with Crippen LogP contribution in [0.5, 0.6) is 11.5 Å². The van der Waals surface area contributed by atoms with Crippen LogP contribution < -0.4 is 20.1 Å². The van der Waals surface area contributed by atoms with Gasteiger partial charge in [-0.3, -0.25) is 0 Å². The molecule has 0 spiro atoms. The maximum atomic E-state index is 5.56. The second-order valence-corrected chi connectivity index (χ2v) is 5.40. The average molecular weight is 310 g/mol. The molecule has 1 heterocycles. The van der Waals surface area contributed by atoms with Gasteiger partial charge in [-0.2, -0.15) is 0 Å². The van der Waals surface area contributed by atoms with Crippen LogP contribution in [0.2, 0.25) is 0 Å². The molecule has 0 aromatic heterocycles. The van der Waals surface area contributed by atoms with Crippen LogP contribution in [0.3, 0.4) is 0 Å². The lowest BCUT2D eigenvalue weighted by Crippen LogP contribution is -2.35. The molecule has 1 aromatic rings. The highest BCUT2D eigenvalue weighted by molar-refractivity contribution is 7.80. The van der Waals surface area contributed by atoms with Crippen molar-refractivity contribution < 1.29 is 14.2 Å². The summed E-state index contributed by atoms with van der Waals surface area (Å²) in [7, 11) is 3.24. The summed E-state index contributed by atoms with van der Waals surface area (Å²) in [6, 6.07) is 3.80. The van der Waals surface area contributed by atoms with Gasteiger partial charge < -0.3 is 24.8 Å². The number of hydrogen-bond donors (Lipinski definition) is 2. The van der Waals surface area contributed by atoms with Crippen LogP contribution in [0.15, 0.2) is 12.1 Å². The smallest absolute Gasteiger partial charge is 0.170 e. The van der Waals surface area contributed by atoms with Crippen molar-refractivity contribution in [1.82, 2.24) is 5.32 Å². The van der Waals surface area contributed by atoms with E-state index in [-0.39, 0.29) is 6.10 Å². The Morgan fingerprint density at radius 2 is 2.05 bits per heavy atom. The molecule has 1 atom stereocenters. The molecular weight excluding hydrogens is 288 g/mol. The molecule has 1 aliphatic rings. The van der Waals surface area contributed by atoms with E-state index in [2.05, 4.69) is 10.6 Å². The summed E-state index contributed by atoms with van der Waals surface area (Å²) < 4.78 is 16.1. The van der Waals surface area contributed by atoms with Crippen LogP contribution in [-0.2, 0) is 4.74 Å². The standard InChI is InChI=1S/C15H22N2O3S/c1-10-7-13(18-2)14(19-3)8-12(10)17-15(21)16-9-11-5-4-6-20-11/h7-8,11H,4-6,9H2,1-3H3,(H2,16,17,21). The fourth-order valence-corrected chi connectivity index (χ4v) is 2.49. The predicted molar refractivity (Wildman–Crippen MR) is 87.5 cm³/mol. The number of nitrogens with one attached hydrogen (secondary N) is 2. The first kappa shape index (κ1) is 15.9. The number of benzene rings is 1. The third-order valence-corrected chi connectivity index (χ3v) is 3.74. The molecule has 1 fully saturated rings. The zero-order valence-electron chi connectivity index (χ0n) is 12.7. The molecule has 0 amide bonds. The fourth-order valence-electron chi connectivity index (χ4n) is 2.29. The van der Waals surface area contributed by atoms with E-state index in [0.29, 0.717) is 16.6 Å². The van der Waals surface area contributed by atoms with Gasteiger partial charge in [-0.05, 0) is 43.6 Å². The number of ether oxygens (including phenoxy) is 3. The Labute approximate surface area is 131 Å². The van der Waals surface area contributed by atoms with Crippen LogP contribution in [0, 0.1) is 6.92 Å². The van der Waals surface area contributed by atoms with Crippen LogP contribution in [0.25, 0.3) is 0 Å². The van der Waals surface area contributed by atoms with Gasteiger partial charge in [0.25, 0.3) is 0 Å². The maximum absolute atomic E-state index is 5.56. The predicted octanol–water partition coefficient (Wildman–Crippen LogP) is 2.48. The molecule has 21 heavy (non-hydrogen) atoms. The van der Waals surface area contributed by atoms with E-state index < -0.39 is 0 Å². The molecule has 1 aromatic carbocycles. The van der Waals surface area contributed by atoms with E-state index in [1.54, 1.807) is 14.2 Å². The van der Waals surface area contributed by atoms with Crippen molar-refractivity contribution in [2.45, 2.75) is 25.9 Å². The monoisotopic (exact) mass is 310 g/mol. The average Bonchev–Trinajstić information content (AvgIpc) is 3.00. The van der Waals surface area contributed by atoms with Crippen LogP contribution >= 0.6 is 12.2 Å². The van der Waals surface area contributed by atoms with Crippen molar-refractivity contribution in [3.63, 3.8) is 0 Å². The molecule has 5 nitrogen and oxygen atoms in total. The van der Waals surface area contributed by atoms with Crippen LogP contribution in [0.1, 0.15) is 18.4 Å². The Balaban J connectivity index is 1.96. The minimum Gasteiger partial charge on any atom is -0.493 e. The van der Waals surface area contributed by atoms with Gasteiger partial charge in [-0.15, -0.1) is 0 Å². The van der Waals surface area contributed by atoms with Gasteiger partial charge in [0.05, 0.1) is 20.3 Å². The summed E-state index contributed by atoms with van der Waals surface area (Å²) in [5, 5.41) is 6.96. The van der Waals surface area contributed by atoms with Gasteiger partial charge in [0.15, 0.2) is 16.6 Å². The van der Waals surface area contributed by atoms with Crippen LogP contribution in [0.4, 0.5) is 5.69 Å². The molecule has 6 heteroatoms. The molecule has 0 bridgehead atoms. The Hall–Kier alpha value is -1.53. The van der Waals surface area contributed by atoms with Crippen molar-refractivity contribution in [1.29, 1.82) is 0 Å². The van der Waals surface area contributed by atoms with Crippen molar-refractivity contribution >= 4 is 23.0 Å². The number of hydrogen-bond acceptors (Lipinski definition) is 4. The highest BCUT2D eigenvalue weighted by Gasteiger charge is 2.15. The first-order valence-electron chi connectivity index (χ1n) is 7.03. The molecule has 0 saturated carbocycles. The van der Waals surface area contributed by atoms with E-state index in [1.807, 2.05) is 19.1 Å². The van der Waals surface area contributed by atoms with E-state index in [0.717, 1.165) is 37.2 Å². The van der Waals surface area contributed by atoms with Gasteiger partial charge in [0, 0.05) is 24.9 Å². The third kappa shape index (κ3) is 4.22. The lowest BCUT2D eigenvalue weighted by Gasteiger charge is -2.17. The molecule has 2 rings (SSSR count). The lowest BCUT2D eigenvalue weighted by molar-refractivity contribution is 0.114. The Kier molecular flexibility index (Phi) is 5.64. The van der Waals surface area contributed by atoms with Crippen molar-refractivity contribution in [2.75, 3.05) is 32.7 Å². The topological polar surface area (TPSA) is 51.8 Å². The largest absolute Gasteiger partial charge is 0.493 e. The summed E-state index contributed by atoms with van der Waals surface area (Å²) in [6.45, 7) is 3.58. The number of rotatable bonds is 5. The van der Waals surface area contributed by atoms with Gasteiger partial charge in [0.1, 0.15) is 0 Å². The Morgan fingerprint density at radius 3 is 2.67 bits per heavy atom. The molecule has 2 N–H and O–H groups in total. The zero-order chi connectivity index (χ0) is 15.2. The van der Waals surface area contributed by atoms with Gasteiger partial charge in [-0.25, -0.2) is 0 Å². The molecular formula is C15H22N2O3S. The maximum Gasteiger partial charge on any atom is 0.170 e. The summed E-state index contributed by atoms with van der Waals surface area (Å²) in [6.07, 6.45) is 2.48. The Morgan fingerprint density at radius 1 is 1.33 bits per heavy atom. The highest BCUT2D eigenvalue weighted by Crippen LogP contribution is 2.32. The second kappa shape index (κ2) is 7.47. The fraction of sp³-hybridized carbons (Fsp3) is 0.533. The molecule has 1 unspecified atom stereocenters. The molecule has 1 aliphatic heterocycles. The minimum atomic E-state index is 0.260. The molecule has 116 valence electrons. The quantitative estimate of drug-likeness (QED) is 0.815. The highest BCUT2D eigenvalue weighted by atomic mass is 32.1. The Bertz CT molecular complexity index is 502. The molecule has 0 radical (unpaired) electrons. The minimum absolute atomic E-state index is 0.260. The normalized spacial score (nSPS) is 17.4. The van der Waals surface area contributed by atoms with E-state index in [9.17, 15) is 0 Å². The lowest BCUT2D eigenvalue weighted by atomic mass is 10.1. The van der Waals surface area contributed by atoms with E-state index in [4.69, 9.17) is 26.4 Å². The molecule has 0 aliphatic carbocycles. The van der Waals surface area contributed by atoms with Crippen LogP contribution in [-0.4, -0.2) is 38.6 Å². The first-order chi connectivity index (χ1) is 10.1. The van der Waals surface area contributed by atoms with Crippen molar-refractivity contribution in [3.05, 3.63) is 17.7 Å². The number of thiocarbonyl (C=S) groups is 1. The van der Waals surface area contributed by atoms with Gasteiger partial charge in [-0.1, -0.05) is 0 Å². The van der Waals surface area contributed by atoms with E-state index >= 15 is 0 Å². The number of anilines is 1. The van der Waals surface area contributed by atoms with Gasteiger partial charge >= 0.3 is 0 Å². The van der Waals surface area contributed by atoms with E-state index in [1.165, 1.54) is 0 Å².